The molecule has 0 unspecified atom stereocenters. The first kappa shape index (κ1) is 26.2. The van der Waals surface area contributed by atoms with Gasteiger partial charge in [-0.3, -0.25) is 19.6 Å². The Kier molecular flexibility index (Phi) is 8.45. The highest BCUT2D eigenvalue weighted by Crippen LogP contribution is 2.38. The summed E-state index contributed by atoms with van der Waals surface area (Å²) in [5.74, 6) is -1.40. The van der Waals surface area contributed by atoms with Crippen LogP contribution in [0.3, 0.4) is 0 Å². The van der Waals surface area contributed by atoms with E-state index in [1.165, 1.54) is 17.2 Å². The molecule has 0 aliphatic carbocycles. The van der Waals surface area contributed by atoms with E-state index in [0.29, 0.717) is 12.8 Å². The third-order valence-electron chi connectivity index (χ3n) is 6.15. The van der Waals surface area contributed by atoms with E-state index in [4.69, 9.17) is 0 Å². The molecule has 3 N–H and O–H groups in total. The van der Waals surface area contributed by atoms with Gasteiger partial charge in [-0.2, -0.15) is 5.10 Å². The van der Waals surface area contributed by atoms with E-state index in [0.717, 1.165) is 22.4 Å². The Labute approximate surface area is 209 Å². The lowest BCUT2D eigenvalue weighted by Crippen LogP contribution is -2.56. The van der Waals surface area contributed by atoms with E-state index in [-0.39, 0.29) is 5.82 Å². The molecule has 3 rings (SSSR count). The van der Waals surface area contributed by atoms with Gasteiger partial charge in [-0.25, -0.2) is 4.79 Å². The highest BCUT2D eigenvalue weighted by atomic mass is 32.1. The molecular formula is C26H32N4O4S. The number of carbonyl (C=O) groups is 3. The number of carboxylic acid groups (broad SMARTS) is 1. The van der Waals surface area contributed by atoms with E-state index < -0.39 is 35.3 Å². The van der Waals surface area contributed by atoms with Gasteiger partial charge in [-0.15, -0.1) is 11.3 Å². The van der Waals surface area contributed by atoms with Crippen LogP contribution in [0.15, 0.2) is 54.0 Å². The van der Waals surface area contributed by atoms with Crippen LogP contribution in [-0.2, 0) is 9.59 Å². The van der Waals surface area contributed by atoms with Crippen molar-refractivity contribution in [2.75, 3.05) is 5.32 Å². The van der Waals surface area contributed by atoms with Crippen LogP contribution in [0.5, 0.6) is 0 Å². The lowest BCUT2D eigenvalue weighted by Gasteiger charge is -2.43. The molecular weight excluding hydrogens is 464 g/mol. The van der Waals surface area contributed by atoms with Crippen molar-refractivity contribution in [1.29, 1.82) is 0 Å². The molecule has 0 radical (unpaired) electrons. The fourth-order valence-corrected chi connectivity index (χ4v) is 5.36. The second-order valence-electron chi connectivity index (χ2n) is 9.15. The molecule has 9 heteroatoms. The number of hydrogen-bond acceptors (Lipinski definition) is 5. The van der Waals surface area contributed by atoms with Crippen LogP contribution < -0.4 is 5.32 Å². The number of nitrogens with zero attached hydrogens (tertiary/aromatic N) is 2. The first-order valence-corrected chi connectivity index (χ1v) is 12.6. The topological polar surface area (TPSA) is 115 Å². The highest BCUT2D eigenvalue weighted by Gasteiger charge is 2.46. The van der Waals surface area contributed by atoms with Gasteiger partial charge in [0, 0.05) is 10.9 Å². The lowest BCUT2D eigenvalue weighted by molar-refractivity contribution is -0.141. The van der Waals surface area contributed by atoms with E-state index in [2.05, 4.69) is 15.5 Å². The number of benzene rings is 1. The molecule has 8 nitrogen and oxygen atoms in total. The zero-order valence-corrected chi connectivity index (χ0v) is 21.3. The third-order valence-corrected chi connectivity index (χ3v) is 7.07. The molecule has 35 heavy (non-hydrogen) atoms. The van der Waals surface area contributed by atoms with Crippen molar-refractivity contribution in [3.05, 3.63) is 59.6 Å². The molecule has 3 aromatic rings. The number of aromatic amines is 1. The molecule has 0 saturated heterocycles. The van der Waals surface area contributed by atoms with Gasteiger partial charge in [0.15, 0.2) is 0 Å². The summed E-state index contributed by atoms with van der Waals surface area (Å²) in [4.78, 5) is 41.6. The van der Waals surface area contributed by atoms with Gasteiger partial charge in [0.05, 0.1) is 12.2 Å². The summed E-state index contributed by atoms with van der Waals surface area (Å²) in [6.45, 7) is 7.54. The first-order valence-electron chi connectivity index (χ1n) is 11.7. The summed E-state index contributed by atoms with van der Waals surface area (Å²) in [5, 5.41) is 21.3. The molecule has 1 aromatic carbocycles. The number of thiophene rings is 1. The molecule has 2 heterocycles. The number of hydrogen-bond donors (Lipinski definition) is 3. The predicted molar refractivity (Wildman–Crippen MR) is 137 cm³/mol. The SMILES string of the molecule is CCCC(C)(C)[C@@H](C(=O)C(=O)Nc1ccn[nH]1)N(C(=O)O)[C@@H](CC)c1cccc(-c2cccs2)c1. The van der Waals surface area contributed by atoms with E-state index >= 15 is 0 Å². The molecule has 0 aliphatic heterocycles. The largest absolute Gasteiger partial charge is 0.465 e. The number of ketones is 1. The minimum atomic E-state index is -1.24. The van der Waals surface area contributed by atoms with Gasteiger partial charge in [0.25, 0.3) is 5.91 Å². The molecule has 0 fully saturated rings. The van der Waals surface area contributed by atoms with Gasteiger partial charge in [0.1, 0.15) is 11.9 Å². The molecule has 2 aromatic heterocycles. The van der Waals surface area contributed by atoms with Crippen LogP contribution in [-0.4, -0.2) is 44.0 Å². The zero-order chi connectivity index (χ0) is 25.6. The number of amides is 2. The van der Waals surface area contributed by atoms with Crippen molar-refractivity contribution >= 4 is 34.9 Å². The summed E-state index contributed by atoms with van der Waals surface area (Å²) >= 11 is 1.60. The van der Waals surface area contributed by atoms with Gasteiger partial charge < -0.3 is 10.4 Å². The monoisotopic (exact) mass is 496 g/mol. The first-order chi connectivity index (χ1) is 16.7. The molecule has 0 aliphatic rings. The van der Waals surface area contributed by atoms with E-state index in [9.17, 15) is 19.5 Å². The Morgan fingerprint density at radius 1 is 1.17 bits per heavy atom. The van der Waals surface area contributed by atoms with Crippen molar-refractivity contribution in [1.82, 2.24) is 15.1 Å². The maximum absolute atomic E-state index is 13.6. The fourth-order valence-electron chi connectivity index (χ4n) is 4.63. The number of carbonyl (C=O) groups excluding carboxylic acids is 2. The molecule has 2 atom stereocenters. The molecule has 2 amide bonds. The van der Waals surface area contributed by atoms with Crippen LogP contribution in [0.4, 0.5) is 10.6 Å². The Morgan fingerprint density at radius 3 is 2.51 bits per heavy atom. The van der Waals surface area contributed by atoms with E-state index in [1.807, 2.05) is 69.5 Å². The standard InChI is InChI=1S/C26H32N4O4S/c1-5-13-26(3,4)23(22(31)24(32)28-21-12-14-27-29-21)30(25(33)34)19(6-2)17-9-7-10-18(16-17)20-11-8-15-35-20/h7-12,14-16,19,23H,5-6,13H2,1-4H3,(H,33,34)(H2,27,28,29,32)/t19-,23+/m0/s1. The van der Waals surface area contributed by atoms with Gasteiger partial charge in [-0.1, -0.05) is 58.4 Å². The molecule has 0 bridgehead atoms. The Hall–Kier alpha value is -3.46. The van der Waals surface area contributed by atoms with Crippen LogP contribution in [0, 0.1) is 5.41 Å². The van der Waals surface area contributed by atoms with Gasteiger partial charge in [-0.05, 0) is 46.9 Å². The number of rotatable bonds is 11. The smallest absolute Gasteiger partial charge is 0.408 e. The molecule has 186 valence electrons. The van der Waals surface area contributed by atoms with Crippen LogP contribution >= 0.6 is 11.3 Å². The number of Topliss-reactive ketones (excluding diaryl/α,β-unsaturated/α-hetero) is 1. The van der Waals surface area contributed by atoms with Gasteiger partial charge >= 0.3 is 6.09 Å². The number of aromatic nitrogens is 2. The predicted octanol–water partition coefficient (Wildman–Crippen LogP) is 5.97. The maximum atomic E-state index is 13.6. The summed E-state index contributed by atoms with van der Waals surface area (Å²) < 4.78 is 0. The second-order valence-corrected chi connectivity index (χ2v) is 10.1. The zero-order valence-electron chi connectivity index (χ0n) is 20.4. The maximum Gasteiger partial charge on any atom is 0.408 e. The number of nitrogens with one attached hydrogen (secondary N) is 2. The minimum absolute atomic E-state index is 0.271. The lowest BCUT2D eigenvalue weighted by atomic mass is 9.76. The number of H-pyrrole nitrogens is 1. The summed E-state index contributed by atoms with van der Waals surface area (Å²) in [5.41, 5.74) is 0.975. The van der Waals surface area contributed by atoms with Gasteiger partial charge in [0.2, 0.25) is 5.78 Å². The fraction of sp³-hybridized carbons (Fsp3) is 0.385. The Bertz CT molecular complexity index is 1140. The molecule has 0 spiro atoms. The van der Waals surface area contributed by atoms with Crippen molar-refractivity contribution in [3.63, 3.8) is 0 Å². The summed E-state index contributed by atoms with van der Waals surface area (Å²) in [6.07, 6.45) is 1.95. The highest BCUT2D eigenvalue weighted by molar-refractivity contribution is 7.13. The van der Waals surface area contributed by atoms with Crippen molar-refractivity contribution in [3.8, 4) is 10.4 Å². The van der Waals surface area contributed by atoms with Crippen LogP contribution in [0.1, 0.15) is 58.6 Å². The van der Waals surface area contributed by atoms with Crippen molar-refractivity contribution in [2.45, 2.75) is 59.0 Å². The van der Waals surface area contributed by atoms with Crippen LogP contribution in [0.2, 0.25) is 0 Å². The van der Waals surface area contributed by atoms with E-state index in [1.54, 1.807) is 11.3 Å². The summed E-state index contributed by atoms with van der Waals surface area (Å²) in [6, 6.07) is 11.4. The minimum Gasteiger partial charge on any atom is -0.465 e. The van der Waals surface area contributed by atoms with Crippen molar-refractivity contribution in [2.24, 2.45) is 5.41 Å². The Balaban J connectivity index is 2.05. The quantitative estimate of drug-likeness (QED) is 0.283. The normalized spacial score (nSPS) is 13.1. The average molecular weight is 497 g/mol. The summed E-state index contributed by atoms with van der Waals surface area (Å²) in [7, 11) is 0. The second kappa shape index (κ2) is 11.3. The van der Waals surface area contributed by atoms with Crippen LogP contribution in [0.25, 0.3) is 10.4 Å². The molecule has 0 saturated carbocycles. The third kappa shape index (κ3) is 5.97. The number of anilines is 1. The van der Waals surface area contributed by atoms with Crippen molar-refractivity contribution < 1.29 is 19.5 Å². The average Bonchev–Trinajstić information content (AvgIpc) is 3.53. The Morgan fingerprint density at radius 2 is 1.94 bits per heavy atom.